The lowest BCUT2D eigenvalue weighted by Crippen LogP contribution is -2.44. The van der Waals surface area contributed by atoms with Gasteiger partial charge in [0.05, 0.1) is 40.3 Å². The molecular formula is C60H103NO8. The van der Waals surface area contributed by atoms with Crippen molar-refractivity contribution < 1.29 is 42.9 Å². The molecule has 0 aliphatic heterocycles. The number of ether oxygens (including phenoxy) is 4. The summed E-state index contributed by atoms with van der Waals surface area (Å²) in [6, 6.07) is 0. The SMILES string of the molecule is CC/C=C\C/C=C\C/C=C\C/C=C\C/C=C\C/C=C\CCCCCCCCC(=O)OC(COC(=O)CCCCCCCCCCC/C=C\CCCCCCCC)COC(OCC[N+](C)(C)C)C(=O)[O-]. The highest BCUT2D eigenvalue weighted by molar-refractivity contribution is 5.70. The molecule has 0 aromatic heterocycles. The molecule has 0 heterocycles. The first-order valence-corrected chi connectivity index (χ1v) is 27.7. The predicted octanol–water partition coefficient (Wildman–Crippen LogP) is 14.7. The number of carbonyl (C=O) groups is 3. The highest BCUT2D eigenvalue weighted by Gasteiger charge is 2.22. The smallest absolute Gasteiger partial charge is 0.306 e. The molecule has 9 nitrogen and oxygen atoms in total. The summed E-state index contributed by atoms with van der Waals surface area (Å²) in [6.07, 6.45) is 63.3. The summed E-state index contributed by atoms with van der Waals surface area (Å²) >= 11 is 0. The van der Waals surface area contributed by atoms with Crippen molar-refractivity contribution in [1.82, 2.24) is 0 Å². The van der Waals surface area contributed by atoms with Crippen molar-refractivity contribution in [3.8, 4) is 0 Å². The normalized spacial score (nSPS) is 13.5. The van der Waals surface area contributed by atoms with E-state index in [0.29, 0.717) is 17.4 Å². The third kappa shape index (κ3) is 52.1. The van der Waals surface area contributed by atoms with E-state index >= 15 is 0 Å². The lowest BCUT2D eigenvalue weighted by atomic mass is 10.1. The van der Waals surface area contributed by atoms with E-state index in [1.807, 2.05) is 21.1 Å². The molecule has 0 aliphatic carbocycles. The number of unbranched alkanes of at least 4 members (excludes halogenated alkanes) is 21. The van der Waals surface area contributed by atoms with Crippen molar-refractivity contribution in [2.24, 2.45) is 0 Å². The first kappa shape index (κ1) is 65.5. The molecule has 0 fully saturated rings. The zero-order valence-corrected chi connectivity index (χ0v) is 44.9. The summed E-state index contributed by atoms with van der Waals surface area (Å²) in [6.45, 7) is 4.61. The molecule has 2 unspecified atom stereocenters. The average Bonchev–Trinajstić information content (AvgIpc) is 3.31. The number of likely N-dealkylation sites (N-methyl/N-ethyl adjacent to an activating group) is 1. The Labute approximate surface area is 423 Å². The molecule has 0 saturated heterocycles. The van der Waals surface area contributed by atoms with Gasteiger partial charge in [-0.3, -0.25) is 9.59 Å². The quantitative estimate of drug-likeness (QED) is 0.0195. The van der Waals surface area contributed by atoms with Crippen molar-refractivity contribution in [2.45, 2.75) is 232 Å². The molecule has 0 aliphatic rings. The maximum absolute atomic E-state index is 12.8. The Bertz CT molecular complexity index is 1400. The minimum Gasteiger partial charge on any atom is -0.545 e. The van der Waals surface area contributed by atoms with Gasteiger partial charge in [-0.15, -0.1) is 0 Å². The zero-order chi connectivity index (χ0) is 50.6. The molecule has 0 rings (SSSR count). The number of quaternary nitrogens is 1. The Hall–Kier alpha value is -3.53. The number of esters is 2. The van der Waals surface area contributed by atoms with Gasteiger partial charge in [0.15, 0.2) is 12.4 Å². The van der Waals surface area contributed by atoms with Crippen LogP contribution in [0.1, 0.15) is 219 Å². The second-order valence-electron chi connectivity index (χ2n) is 19.5. The Morgan fingerprint density at radius 1 is 0.449 bits per heavy atom. The van der Waals surface area contributed by atoms with E-state index in [9.17, 15) is 19.5 Å². The lowest BCUT2D eigenvalue weighted by molar-refractivity contribution is -0.870. The molecule has 0 N–H and O–H groups in total. The van der Waals surface area contributed by atoms with Crippen LogP contribution < -0.4 is 5.11 Å². The number of nitrogens with zero attached hydrogens (tertiary/aromatic N) is 1. The Balaban J connectivity index is 4.35. The summed E-state index contributed by atoms with van der Waals surface area (Å²) < 4.78 is 22.7. The fourth-order valence-corrected chi connectivity index (χ4v) is 7.36. The van der Waals surface area contributed by atoms with Crippen LogP contribution in [0.4, 0.5) is 0 Å². The number of allylic oxidation sites excluding steroid dienone is 14. The van der Waals surface area contributed by atoms with Crippen LogP contribution in [-0.4, -0.2) is 82.3 Å². The van der Waals surface area contributed by atoms with Crippen LogP contribution in [0.25, 0.3) is 0 Å². The molecule has 0 radical (unpaired) electrons. The van der Waals surface area contributed by atoms with Crippen LogP contribution in [0.5, 0.6) is 0 Å². The highest BCUT2D eigenvalue weighted by Crippen LogP contribution is 2.15. The molecule has 396 valence electrons. The fourth-order valence-electron chi connectivity index (χ4n) is 7.36. The number of carbonyl (C=O) groups excluding carboxylic acids is 3. The van der Waals surface area contributed by atoms with Crippen LogP contribution in [0.3, 0.4) is 0 Å². The number of carboxylic acids is 1. The van der Waals surface area contributed by atoms with E-state index in [4.69, 9.17) is 18.9 Å². The van der Waals surface area contributed by atoms with E-state index in [1.54, 1.807) is 0 Å². The Morgan fingerprint density at radius 2 is 0.826 bits per heavy atom. The summed E-state index contributed by atoms with van der Waals surface area (Å²) in [7, 11) is 5.91. The van der Waals surface area contributed by atoms with Crippen LogP contribution in [0, 0.1) is 0 Å². The Morgan fingerprint density at radius 3 is 1.25 bits per heavy atom. The van der Waals surface area contributed by atoms with Crippen LogP contribution in [0.2, 0.25) is 0 Å². The second-order valence-corrected chi connectivity index (χ2v) is 19.5. The topological polar surface area (TPSA) is 111 Å². The van der Waals surface area contributed by atoms with Gasteiger partial charge in [0.1, 0.15) is 13.2 Å². The van der Waals surface area contributed by atoms with E-state index in [0.717, 1.165) is 96.3 Å². The molecule has 69 heavy (non-hydrogen) atoms. The largest absolute Gasteiger partial charge is 0.545 e. The van der Waals surface area contributed by atoms with Gasteiger partial charge in [0.25, 0.3) is 0 Å². The molecule has 0 aromatic rings. The molecule has 0 aromatic carbocycles. The maximum atomic E-state index is 12.8. The van der Waals surface area contributed by atoms with Gasteiger partial charge in [-0.05, 0) is 89.9 Å². The van der Waals surface area contributed by atoms with Gasteiger partial charge in [0.2, 0.25) is 0 Å². The van der Waals surface area contributed by atoms with Crippen LogP contribution >= 0.6 is 0 Å². The summed E-state index contributed by atoms with van der Waals surface area (Å²) in [5.74, 6) is -2.31. The van der Waals surface area contributed by atoms with E-state index < -0.39 is 24.3 Å². The number of rotatable bonds is 50. The second kappa shape index (κ2) is 50.8. The third-order valence-electron chi connectivity index (χ3n) is 11.6. The van der Waals surface area contributed by atoms with E-state index in [2.05, 4.69) is 98.9 Å². The van der Waals surface area contributed by atoms with Gasteiger partial charge in [0, 0.05) is 12.8 Å². The summed E-state index contributed by atoms with van der Waals surface area (Å²) in [5, 5.41) is 11.8. The van der Waals surface area contributed by atoms with Gasteiger partial charge in [-0.2, -0.15) is 0 Å². The van der Waals surface area contributed by atoms with Crippen molar-refractivity contribution in [2.75, 3.05) is 47.5 Å². The minimum atomic E-state index is -1.63. The van der Waals surface area contributed by atoms with E-state index in [1.165, 1.54) is 89.9 Å². The van der Waals surface area contributed by atoms with Gasteiger partial charge < -0.3 is 33.3 Å². The van der Waals surface area contributed by atoms with E-state index in [-0.39, 0.29) is 38.6 Å². The maximum Gasteiger partial charge on any atom is 0.306 e. The first-order valence-electron chi connectivity index (χ1n) is 27.7. The molecule has 0 saturated carbocycles. The summed E-state index contributed by atoms with van der Waals surface area (Å²) in [4.78, 5) is 37.2. The average molecular weight is 966 g/mol. The van der Waals surface area contributed by atoms with Crippen LogP contribution in [-0.2, 0) is 33.3 Å². The molecule has 2 atom stereocenters. The first-order chi connectivity index (χ1) is 33.6. The van der Waals surface area contributed by atoms with Crippen molar-refractivity contribution in [3.63, 3.8) is 0 Å². The fraction of sp³-hybridized carbons (Fsp3) is 0.717. The minimum absolute atomic E-state index is 0.140. The number of hydrogen-bond acceptors (Lipinski definition) is 8. The predicted molar refractivity (Wildman–Crippen MR) is 288 cm³/mol. The third-order valence-corrected chi connectivity index (χ3v) is 11.6. The standard InChI is InChI=1S/C60H103NO8/c1-6-8-10-12-14-16-18-20-22-24-26-27-28-29-30-31-33-35-37-39-41-43-45-47-49-51-58(63)69-56(55-68-60(59(64)65)66-53-52-61(3,4)5)54-67-57(62)50-48-46-44-42-40-38-36-34-32-25-23-21-19-17-15-13-11-9-7-2/h8,10,14,16,20-23,26-27,29-30,33,35,56,60H,6-7,9,11-13,15,17-19,24-25,28,31-32,34,36-55H2,1-5H3/b10-8-,16-14-,22-20-,23-21-,27-26-,30-29-,35-33-. The van der Waals surface area contributed by atoms with Gasteiger partial charge in [-0.1, -0.05) is 202 Å². The van der Waals surface area contributed by atoms with Crippen LogP contribution in [0.15, 0.2) is 85.1 Å². The molecule has 9 heteroatoms. The van der Waals surface area contributed by atoms with Gasteiger partial charge in [-0.25, -0.2) is 0 Å². The number of aliphatic carboxylic acids is 1. The summed E-state index contributed by atoms with van der Waals surface area (Å²) in [5.41, 5.74) is 0. The zero-order valence-electron chi connectivity index (χ0n) is 44.9. The molecule has 0 bridgehead atoms. The highest BCUT2D eigenvalue weighted by atomic mass is 16.7. The van der Waals surface area contributed by atoms with Crippen molar-refractivity contribution in [3.05, 3.63) is 85.1 Å². The number of hydrogen-bond donors (Lipinski definition) is 0. The van der Waals surface area contributed by atoms with Crippen molar-refractivity contribution >= 4 is 17.9 Å². The molecule has 0 spiro atoms. The molecule has 0 amide bonds. The van der Waals surface area contributed by atoms with Crippen molar-refractivity contribution in [1.29, 1.82) is 0 Å². The Kier molecular flexibility index (Phi) is 48.2. The lowest BCUT2D eigenvalue weighted by Gasteiger charge is -2.26. The van der Waals surface area contributed by atoms with Gasteiger partial charge >= 0.3 is 11.9 Å². The number of carboxylic acid groups (broad SMARTS) is 1. The molecular weight excluding hydrogens is 863 g/mol. The monoisotopic (exact) mass is 966 g/mol.